The zero-order chi connectivity index (χ0) is 13.9. The van der Waals surface area contributed by atoms with Crippen LogP contribution in [0.25, 0.3) is 0 Å². The average molecular weight is 288 g/mol. The number of halogens is 1. The smallest absolute Gasteiger partial charge is 0.119 e. The van der Waals surface area contributed by atoms with Crippen molar-refractivity contribution >= 4 is 17.3 Å². The molecule has 0 spiro atoms. The predicted molar refractivity (Wildman–Crippen MR) is 83.7 cm³/mol. The molecule has 1 aliphatic rings. The molecule has 0 saturated heterocycles. The molecule has 2 aromatic carbocycles. The van der Waals surface area contributed by atoms with Gasteiger partial charge in [-0.2, -0.15) is 0 Å². The Morgan fingerprint density at radius 2 is 2.10 bits per heavy atom. The third-order valence-corrected chi connectivity index (χ3v) is 4.07. The zero-order valence-corrected chi connectivity index (χ0v) is 12.3. The molecule has 1 atom stereocenters. The summed E-state index contributed by atoms with van der Waals surface area (Å²) in [4.78, 5) is 0. The van der Waals surface area contributed by atoms with Crippen LogP contribution < -0.4 is 10.1 Å². The van der Waals surface area contributed by atoms with Crippen LogP contribution in [0.15, 0.2) is 42.5 Å². The van der Waals surface area contributed by atoms with Gasteiger partial charge in [0.2, 0.25) is 0 Å². The van der Waals surface area contributed by atoms with Crippen molar-refractivity contribution < 1.29 is 4.74 Å². The van der Waals surface area contributed by atoms with Gasteiger partial charge in [-0.15, -0.1) is 0 Å². The van der Waals surface area contributed by atoms with Crippen LogP contribution in [0.3, 0.4) is 0 Å². The molecule has 1 aliphatic carbocycles. The third kappa shape index (κ3) is 2.75. The number of nitrogens with one attached hydrogen (secondary N) is 1. The second kappa shape index (κ2) is 5.76. The molecule has 20 heavy (non-hydrogen) atoms. The van der Waals surface area contributed by atoms with Gasteiger partial charge in [-0.25, -0.2) is 0 Å². The summed E-state index contributed by atoms with van der Waals surface area (Å²) < 4.78 is 5.31. The Morgan fingerprint density at radius 1 is 1.20 bits per heavy atom. The Labute approximate surface area is 124 Å². The molecule has 2 aromatic rings. The van der Waals surface area contributed by atoms with E-state index in [-0.39, 0.29) is 0 Å². The SMILES string of the molecule is COc1ccc2c(c1)CCCC2Nc1cccc(Cl)c1. The van der Waals surface area contributed by atoms with Crippen LogP contribution in [-0.4, -0.2) is 7.11 Å². The van der Waals surface area contributed by atoms with Gasteiger partial charge in [0.05, 0.1) is 13.2 Å². The monoisotopic (exact) mass is 287 g/mol. The number of anilines is 1. The number of aryl methyl sites for hydroxylation is 1. The first kappa shape index (κ1) is 13.3. The summed E-state index contributed by atoms with van der Waals surface area (Å²) in [7, 11) is 1.71. The lowest BCUT2D eigenvalue weighted by Crippen LogP contribution is -2.17. The van der Waals surface area contributed by atoms with Gasteiger partial charge < -0.3 is 10.1 Å². The highest BCUT2D eigenvalue weighted by Gasteiger charge is 2.20. The second-order valence-corrected chi connectivity index (χ2v) is 5.60. The van der Waals surface area contributed by atoms with Crippen molar-refractivity contribution in [2.75, 3.05) is 12.4 Å². The Kier molecular flexibility index (Phi) is 3.83. The van der Waals surface area contributed by atoms with Crippen molar-refractivity contribution in [3.63, 3.8) is 0 Å². The summed E-state index contributed by atoms with van der Waals surface area (Å²) in [5.74, 6) is 0.937. The molecular weight excluding hydrogens is 270 g/mol. The maximum Gasteiger partial charge on any atom is 0.119 e. The Balaban J connectivity index is 1.86. The van der Waals surface area contributed by atoms with Crippen LogP contribution >= 0.6 is 11.6 Å². The Bertz CT molecular complexity index is 612. The number of fused-ring (bicyclic) bond motifs is 1. The van der Waals surface area contributed by atoms with E-state index < -0.39 is 0 Å². The summed E-state index contributed by atoms with van der Waals surface area (Å²) in [5.41, 5.74) is 3.83. The summed E-state index contributed by atoms with van der Waals surface area (Å²) in [6.07, 6.45) is 3.46. The minimum absolute atomic E-state index is 0.350. The van der Waals surface area contributed by atoms with Gasteiger partial charge in [0, 0.05) is 10.7 Å². The molecule has 1 N–H and O–H groups in total. The Morgan fingerprint density at radius 3 is 2.90 bits per heavy atom. The third-order valence-electron chi connectivity index (χ3n) is 3.83. The van der Waals surface area contributed by atoms with Crippen LogP contribution in [0, 0.1) is 0 Å². The van der Waals surface area contributed by atoms with E-state index in [9.17, 15) is 0 Å². The molecule has 0 radical (unpaired) electrons. The van der Waals surface area contributed by atoms with Gasteiger partial charge >= 0.3 is 0 Å². The summed E-state index contributed by atoms with van der Waals surface area (Å²) in [5, 5.41) is 4.35. The van der Waals surface area contributed by atoms with E-state index in [1.165, 1.54) is 17.5 Å². The van der Waals surface area contributed by atoms with Crippen LogP contribution in [-0.2, 0) is 6.42 Å². The number of methoxy groups -OCH3 is 1. The highest BCUT2D eigenvalue weighted by atomic mass is 35.5. The first-order valence-electron chi connectivity index (χ1n) is 6.95. The standard InChI is InChI=1S/C17H18ClNO/c1-20-15-8-9-16-12(10-15)4-2-7-17(16)19-14-6-3-5-13(18)11-14/h3,5-6,8-11,17,19H,2,4,7H2,1H3. The average Bonchev–Trinajstić information content (AvgIpc) is 2.47. The molecule has 3 rings (SSSR count). The molecule has 1 unspecified atom stereocenters. The molecule has 0 aliphatic heterocycles. The molecule has 0 heterocycles. The lowest BCUT2D eigenvalue weighted by atomic mass is 9.87. The Hall–Kier alpha value is -1.67. The van der Waals surface area contributed by atoms with Crippen molar-refractivity contribution in [2.45, 2.75) is 25.3 Å². The number of rotatable bonds is 3. The van der Waals surface area contributed by atoms with E-state index in [2.05, 4.69) is 23.5 Å². The first-order valence-corrected chi connectivity index (χ1v) is 7.33. The second-order valence-electron chi connectivity index (χ2n) is 5.16. The van der Waals surface area contributed by atoms with Crippen molar-refractivity contribution in [3.8, 4) is 5.75 Å². The molecule has 0 aromatic heterocycles. The molecule has 0 fully saturated rings. The van der Waals surface area contributed by atoms with Gasteiger partial charge in [-0.1, -0.05) is 23.7 Å². The van der Waals surface area contributed by atoms with Crippen LogP contribution in [0.5, 0.6) is 5.75 Å². The van der Waals surface area contributed by atoms with Crippen LogP contribution in [0.4, 0.5) is 5.69 Å². The fourth-order valence-corrected chi connectivity index (χ4v) is 3.04. The first-order chi connectivity index (χ1) is 9.76. The highest BCUT2D eigenvalue weighted by molar-refractivity contribution is 6.30. The zero-order valence-electron chi connectivity index (χ0n) is 11.5. The predicted octanol–water partition coefficient (Wildman–Crippen LogP) is 4.84. The van der Waals surface area contributed by atoms with Crippen molar-refractivity contribution in [2.24, 2.45) is 0 Å². The van der Waals surface area contributed by atoms with Gasteiger partial charge in [0.15, 0.2) is 0 Å². The van der Waals surface area contributed by atoms with E-state index in [0.717, 1.165) is 29.3 Å². The van der Waals surface area contributed by atoms with Crippen LogP contribution in [0.1, 0.15) is 30.0 Å². The molecule has 0 bridgehead atoms. The van der Waals surface area contributed by atoms with E-state index >= 15 is 0 Å². The highest BCUT2D eigenvalue weighted by Crippen LogP contribution is 2.34. The van der Waals surface area contributed by atoms with Crippen molar-refractivity contribution in [1.29, 1.82) is 0 Å². The van der Waals surface area contributed by atoms with Crippen molar-refractivity contribution in [3.05, 3.63) is 58.6 Å². The fraction of sp³-hybridized carbons (Fsp3) is 0.294. The molecule has 0 saturated carbocycles. The molecule has 3 heteroatoms. The van der Waals surface area contributed by atoms with E-state index in [1.807, 2.05) is 24.3 Å². The topological polar surface area (TPSA) is 21.3 Å². The number of hydrogen-bond acceptors (Lipinski definition) is 2. The molecule has 104 valence electrons. The number of ether oxygens (including phenoxy) is 1. The van der Waals surface area contributed by atoms with Crippen molar-refractivity contribution in [1.82, 2.24) is 0 Å². The van der Waals surface area contributed by atoms with E-state index in [1.54, 1.807) is 7.11 Å². The maximum atomic E-state index is 6.05. The number of hydrogen-bond donors (Lipinski definition) is 1. The van der Waals surface area contributed by atoms with E-state index in [0.29, 0.717) is 6.04 Å². The quantitative estimate of drug-likeness (QED) is 0.872. The van der Waals surface area contributed by atoms with Crippen LogP contribution in [0.2, 0.25) is 5.02 Å². The van der Waals surface area contributed by atoms with Gasteiger partial charge in [0.1, 0.15) is 5.75 Å². The van der Waals surface area contributed by atoms with Gasteiger partial charge in [0.25, 0.3) is 0 Å². The number of benzene rings is 2. The summed E-state index contributed by atoms with van der Waals surface area (Å²) in [6, 6.07) is 14.6. The molecule has 0 amide bonds. The lowest BCUT2D eigenvalue weighted by Gasteiger charge is -2.27. The van der Waals surface area contributed by atoms with Gasteiger partial charge in [-0.05, 0) is 60.7 Å². The fourth-order valence-electron chi connectivity index (χ4n) is 2.85. The maximum absolute atomic E-state index is 6.05. The van der Waals surface area contributed by atoms with E-state index in [4.69, 9.17) is 16.3 Å². The molecule has 2 nitrogen and oxygen atoms in total. The normalized spacial score (nSPS) is 17.4. The molecular formula is C17H18ClNO. The minimum atomic E-state index is 0.350. The largest absolute Gasteiger partial charge is 0.497 e. The van der Waals surface area contributed by atoms with Gasteiger partial charge in [-0.3, -0.25) is 0 Å². The minimum Gasteiger partial charge on any atom is -0.497 e. The summed E-state index contributed by atoms with van der Waals surface area (Å²) >= 11 is 6.05. The lowest BCUT2D eigenvalue weighted by molar-refractivity contribution is 0.413. The summed E-state index contributed by atoms with van der Waals surface area (Å²) in [6.45, 7) is 0.